The van der Waals surface area contributed by atoms with E-state index in [1.54, 1.807) is 0 Å². The quantitative estimate of drug-likeness (QED) is 0.0821. The zero-order chi connectivity index (χ0) is 47.0. The van der Waals surface area contributed by atoms with Gasteiger partial charge in [0.15, 0.2) is 23.0 Å². The highest BCUT2D eigenvalue weighted by atomic mass is 16.6. The topological polar surface area (TPSA) is 148 Å². The number of ketones is 2. The number of nitrogens with zero attached hydrogens (tertiary/aromatic N) is 4. The van der Waals surface area contributed by atoms with E-state index in [2.05, 4.69) is 9.80 Å². The molecule has 0 spiro atoms. The number of likely N-dealkylation sites (N-methyl/N-ethyl adjacent to an activating group) is 2. The molecular weight excluding hydrogens is 841 g/mol. The summed E-state index contributed by atoms with van der Waals surface area (Å²) >= 11 is 0. The van der Waals surface area contributed by atoms with Crippen LogP contribution in [0.4, 0.5) is 11.4 Å². The number of carbonyl (C=O) groups is 2. The number of anilines is 2. The number of benzene rings is 2. The molecule has 4 aliphatic rings. The Labute approximate surface area is 388 Å². The SMILES string of the molecule is CN(CCOCCOCCOCCOCCOCCOCCN(C)c1ccc(C2=C([O-])C(=C3C=CC(=[N+](C)C)C=C3)C2=O)cc1)c1ccc(C2=C([O-])C(=C3C=CC(=[N+](C)C)C=C3)C2=O)cc1. The molecule has 2 aromatic carbocycles. The third-order valence-electron chi connectivity index (χ3n) is 11.4. The maximum absolute atomic E-state index is 12.9. The highest BCUT2D eigenvalue weighted by Gasteiger charge is 2.32. The highest BCUT2D eigenvalue weighted by molar-refractivity contribution is 6.40. The van der Waals surface area contributed by atoms with Gasteiger partial charge in [-0.05, 0) is 70.8 Å². The summed E-state index contributed by atoms with van der Waals surface area (Å²) in [6.07, 6.45) is 14.9. The molecule has 0 saturated heterocycles. The average Bonchev–Trinajstić information content (AvgIpc) is 3.31. The summed E-state index contributed by atoms with van der Waals surface area (Å²) in [5.41, 5.74) is 7.44. The van der Waals surface area contributed by atoms with Crippen molar-refractivity contribution in [3.05, 3.63) is 142 Å². The van der Waals surface area contributed by atoms with Crippen LogP contribution in [0.1, 0.15) is 11.1 Å². The van der Waals surface area contributed by atoms with Crippen LogP contribution >= 0.6 is 0 Å². The van der Waals surface area contributed by atoms with Crippen LogP contribution in [0.15, 0.2) is 131 Å². The molecule has 14 nitrogen and oxygen atoms in total. The predicted molar refractivity (Wildman–Crippen MR) is 253 cm³/mol. The fourth-order valence-corrected chi connectivity index (χ4v) is 7.32. The van der Waals surface area contributed by atoms with E-state index in [1.807, 2.05) is 149 Å². The van der Waals surface area contributed by atoms with Gasteiger partial charge in [0.2, 0.25) is 0 Å². The third-order valence-corrected chi connectivity index (χ3v) is 11.4. The largest absolute Gasteiger partial charge is 0.871 e. The summed E-state index contributed by atoms with van der Waals surface area (Å²) in [4.78, 5) is 30.0. The second kappa shape index (κ2) is 24.5. The van der Waals surface area contributed by atoms with Crippen molar-refractivity contribution in [2.24, 2.45) is 0 Å². The molecule has 0 atom stereocenters. The van der Waals surface area contributed by atoms with Crippen LogP contribution in [0.3, 0.4) is 0 Å². The molecule has 0 aromatic heterocycles. The summed E-state index contributed by atoms with van der Waals surface area (Å²) in [5, 5.41) is 25.9. The minimum atomic E-state index is -0.215. The number of Topliss-reactive ketones (excluding diaryl/α,β-unsaturated/α-hetero) is 2. The maximum Gasteiger partial charge on any atom is 0.199 e. The Kier molecular flexibility index (Phi) is 18.4. The first kappa shape index (κ1) is 49.4. The Morgan fingerprint density at radius 2 is 0.682 bits per heavy atom. The van der Waals surface area contributed by atoms with E-state index in [9.17, 15) is 19.8 Å². The van der Waals surface area contributed by atoms with Crippen LogP contribution in [-0.4, -0.2) is 167 Å². The van der Waals surface area contributed by atoms with Gasteiger partial charge in [-0.2, -0.15) is 0 Å². The van der Waals surface area contributed by atoms with Gasteiger partial charge in [0.1, 0.15) is 28.2 Å². The number of allylic oxidation sites excluding steroid dienone is 14. The van der Waals surface area contributed by atoms with Gasteiger partial charge in [-0.25, -0.2) is 9.15 Å². The average molecular weight is 903 g/mol. The Morgan fingerprint density at radius 3 is 0.939 bits per heavy atom. The van der Waals surface area contributed by atoms with Crippen molar-refractivity contribution in [2.45, 2.75) is 0 Å². The van der Waals surface area contributed by atoms with Crippen molar-refractivity contribution in [3.63, 3.8) is 0 Å². The summed E-state index contributed by atoms with van der Waals surface area (Å²) < 4.78 is 37.8. The lowest BCUT2D eigenvalue weighted by molar-refractivity contribution is -0.462. The normalized spacial score (nSPS) is 15.7. The Morgan fingerprint density at radius 1 is 0.409 bits per heavy atom. The van der Waals surface area contributed by atoms with Crippen molar-refractivity contribution in [2.75, 3.05) is 144 Å². The van der Waals surface area contributed by atoms with E-state index in [0.29, 0.717) is 115 Å². The molecule has 66 heavy (non-hydrogen) atoms. The standard InChI is InChI=1S/C52H62N4O10/c1-53(2)41-15-7-37(8-16-41)45-49(57)47(50(45)58)39-11-19-43(20-12-39)55(5)23-25-61-27-29-63-31-33-65-35-36-66-34-32-64-30-28-62-26-24-56(6)44-21-13-40(14-22-44)48-51(59)46(52(48)60)38-9-17-42(18-10-38)54(3)4/h7-22H,23-36H2,1-6H3. The zero-order valence-corrected chi connectivity index (χ0v) is 39.0. The first-order valence-corrected chi connectivity index (χ1v) is 22.3. The number of hydrogen-bond donors (Lipinski definition) is 0. The molecule has 0 saturated carbocycles. The van der Waals surface area contributed by atoms with E-state index >= 15 is 0 Å². The Hall–Kier alpha value is -6.00. The number of hydrogen-bond acceptors (Lipinski definition) is 12. The van der Waals surface area contributed by atoms with Crippen LogP contribution in [0, 0.1) is 0 Å². The molecule has 4 aliphatic carbocycles. The van der Waals surface area contributed by atoms with E-state index in [-0.39, 0.29) is 45.4 Å². The second-order valence-electron chi connectivity index (χ2n) is 16.3. The van der Waals surface area contributed by atoms with Gasteiger partial charge in [-0.3, -0.25) is 9.59 Å². The Bertz CT molecular complexity index is 2190. The van der Waals surface area contributed by atoms with Gasteiger partial charge in [-0.1, -0.05) is 35.8 Å². The van der Waals surface area contributed by atoms with Gasteiger partial charge >= 0.3 is 0 Å². The second-order valence-corrected chi connectivity index (χ2v) is 16.3. The number of ether oxygens (including phenoxy) is 6. The van der Waals surface area contributed by atoms with Crippen molar-refractivity contribution in [1.82, 2.24) is 0 Å². The van der Waals surface area contributed by atoms with Gasteiger partial charge < -0.3 is 48.4 Å². The molecule has 0 N–H and O–H groups in total. The predicted octanol–water partition coefficient (Wildman–Crippen LogP) is 2.94. The fraction of sp³-hybridized carbons (Fsp3) is 0.385. The first-order chi connectivity index (χ1) is 32.0. The van der Waals surface area contributed by atoms with Gasteiger partial charge in [0.25, 0.3) is 0 Å². The summed E-state index contributed by atoms with van der Waals surface area (Å²) in [6.45, 7) is 7.01. The lowest BCUT2D eigenvalue weighted by Gasteiger charge is -2.32. The molecule has 0 aliphatic heterocycles. The van der Waals surface area contributed by atoms with Gasteiger partial charge in [0, 0.05) is 85.2 Å². The van der Waals surface area contributed by atoms with Crippen LogP contribution in [-0.2, 0) is 38.0 Å². The van der Waals surface area contributed by atoms with E-state index < -0.39 is 0 Å². The third kappa shape index (κ3) is 12.9. The molecule has 0 unspecified atom stereocenters. The molecule has 350 valence electrons. The fourth-order valence-electron chi connectivity index (χ4n) is 7.32. The molecule has 2 aromatic rings. The maximum atomic E-state index is 12.9. The molecule has 0 bridgehead atoms. The van der Waals surface area contributed by atoms with Gasteiger partial charge in [-0.15, -0.1) is 0 Å². The molecule has 6 rings (SSSR count). The Balaban J connectivity index is 0.716. The minimum absolute atomic E-state index is 0.215. The van der Waals surface area contributed by atoms with Crippen molar-refractivity contribution >= 4 is 45.5 Å². The van der Waals surface area contributed by atoms with E-state index in [4.69, 9.17) is 28.4 Å². The smallest absolute Gasteiger partial charge is 0.199 e. The molecule has 0 amide bonds. The van der Waals surface area contributed by atoms with Crippen molar-refractivity contribution in [1.29, 1.82) is 0 Å². The molecule has 0 heterocycles. The van der Waals surface area contributed by atoms with Crippen molar-refractivity contribution < 1.29 is 57.4 Å². The molecule has 0 fully saturated rings. The van der Waals surface area contributed by atoms with E-state index in [0.717, 1.165) is 22.8 Å². The first-order valence-electron chi connectivity index (χ1n) is 22.3. The summed E-state index contributed by atoms with van der Waals surface area (Å²) in [5.74, 6) is -0.859. The van der Waals surface area contributed by atoms with Crippen LogP contribution in [0.2, 0.25) is 0 Å². The van der Waals surface area contributed by atoms with Crippen LogP contribution < -0.4 is 20.0 Å². The lowest BCUT2D eigenvalue weighted by Crippen LogP contribution is -2.30. The molecule has 14 heteroatoms. The van der Waals surface area contributed by atoms with Gasteiger partial charge in [0.05, 0.1) is 79.3 Å². The van der Waals surface area contributed by atoms with Crippen LogP contribution in [0.5, 0.6) is 0 Å². The highest BCUT2D eigenvalue weighted by Crippen LogP contribution is 2.39. The minimum Gasteiger partial charge on any atom is -0.871 e. The van der Waals surface area contributed by atoms with E-state index in [1.165, 1.54) is 0 Å². The lowest BCUT2D eigenvalue weighted by atomic mass is 9.80. The number of carbonyl (C=O) groups excluding carboxylic acids is 2. The van der Waals surface area contributed by atoms with Crippen molar-refractivity contribution in [3.8, 4) is 0 Å². The molecule has 0 radical (unpaired) electrons. The van der Waals surface area contributed by atoms with Crippen LogP contribution in [0.25, 0.3) is 11.1 Å². The number of rotatable bonds is 25. The summed E-state index contributed by atoms with van der Waals surface area (Å²) in [6, 6.07) is 14.9. The monoisotopic (exact) mass is 902 g/mol. The summed E-state index contributed by atoms with van der Waals surface area (Å²) in [7, 11) is 11.7. The zero-order valence-electron chi connectivity index (χ0n) is 39.0. The molecular formula is C52H62N4O10.